The minimum Gasteiger partial charge on any atom is -0.381 e. The van der Waals surface area contributed by atoms with Crippen LogP contribution in [0.5, 0.6) is 0 Å². The van der Waals surface area contributed by atoms with E-state index < -0.39 is 17.9 Å². The number of aryl methyl sites for hydroxylation is 1. The molecule has 4 heterocycles. The molecule has 1 amide bonds. The van der Waals surface area contributed by atoms with Crippen molar-refractivity contribution in [1.82, 2.24) is 24.6 Å². The highest BCUT2D eigenvalue weighted by atomic mass is 19.3. The fourth-order valence-corrected chi connectivity index (χ4v) is 4.40. The van der Waals surface area contributed by atoms with Crippen molar-refractivity contribution >= 4 is 5.91 Å². The number of ether oxygens (including phenoxy) is 1. The first kappa shape index (κ1) is 16.8. The molecule has 2 unspecified atom stereocenters. The molecule has 9 heteroatoms. The van der Waals surface area contributed by atoms with E-state index in [4.69, 9.17) is 4.74 Å². The first-order valence-electron chi connectivity index (χ1n) is 8.70. The van der Waals surface area contributed by atoms with Crippen LogP contribution in [-0.2, 0) is 23.1 Å². The average molecular weight is 355 g/mol. The van der Waals surface area contributed by atoms with Gasteiger partial charge in [0.25, 0.3) is 5.92 Å². The maximum Gasteiger partial charge on any atom is 0.267 e. The van der Waals surface area contributed by atoms with E-state index in [1.54, 1.807) is 6.33 Å². The molecule has 0 saturated carbocycles. The van der Waals surface area contributed by atoms with E-state index in [2.05, 4.69) is 15.1 Å². The zero-order valence-corrected chi connectivity index (χ0v) is 14.3. The van der Waals surface area contributed by atoms with Crippen molar-refractivity contribution in [3.8, 4) is 0 Å². The average Bonchev–Trinajstić information content (AvgIpc) is 3.24. The number of amides is 1. The monoisotopic (exact) mass is 355 g/mol. The number of alkyl halides is 2. The van der Waals surface area contributed by atoms with Gasteiger partial charge in [0.2, 0.25) is 5.91 Å². The molecule has 3 aliphatic heterocycles. The number of carbonyl (C=O) groups is 1. The lowest BCUT2D eigenvalue weighted by atomic mass is 9.73. The molecule has 25 heavy (non-hydrogen) atoms. The number of hydrogen-bond acceptors (Lipinski definition) is 5. The van der Waals surface area contributed by atoms with E-state index in [-0.39, 0.29) is 24.8 Å². The van der Waals surface area contributed by atoms with Gasteiger partial charge in [-0.05, 0) is 6.42 Å². The molecule has 0 aliphatic carbocycles. The maximum absolute atomic E-state index is 13.6. The summed E-state index contributed by atoms with van der Waals surface area (Å²) in [5, 5.41) is 8.00. The molecule has 138 valence electrons. The van der Waals surface area contributed by atoms with Gasteiger partial charge < -0.3 is 14.2 Å². The number of halogens is 2. The predicted molar refractivity (Wildman–Crippen MR) is 83.8 cm³/mol. The lowest BCUT2D eigenvalue weighted by Crippen LogP contribution is -2.51. The van der Waals surface area contributed by atoms with Gasteiger partial charge in [-0.3, -0.25) is 9.69 Å². The normalized spacial score (nSPS) is 32.1. The van der Waals surface area contributed by atoms with Crippen LogP contribution < -0.4 is 0 Å². The zero-order chi connectivity index (χ0) is 17.7. The van der Waals surface area contributed by atoms with E-state index in [0.29, 0.717) is 39.3 Å². The van der Waals surface area contributed by atoms with Crippen LogP contribution in [0.2, 0.25) is 0 Å². The minimum absolute atomic E-state index is 0.0381. The Kier molecular flexibility index (Phi) is 4.03. The summed E-state index contributed by atoms with van der Waals surface area (Å²) in [6.45, 7) is 2.57. The van der Waals surface area contributed by atoms with Crippen LogP contribution in [0.1, 0.15) is 18.7 Å². The summed E-state index contributed by atoms with van der Waals surface area (Å²) in [5.41, 5.74) is -0.614. The number of carbonyl (C=O) groups excluding carboxylic acids is 1. The Morgan fingerprint density at radius 2 is 2.24 bits per heavy atom. The van der Waals surface area contributed by atoms with Crippen molar-refractivity contribution in [2.75, 3.05) is 39.4 Å². The van der Waals surface area contributed by atoms with Crippen molar-refractivity contribution in [2.45, 2.75) is 25.3 Å². The van der Waals surface area contributed by atoms with Crippen molar-refractivity contribution in [3.05, 3.63) is 12.2 Å². The van der Waals surface area contributed by atoms with Crippen molar-refractivity contribution in [2.24, 2.45) is 18.4 Å². The van der Waals surface area contributed by atoms with E-state index in [9.17, 15) is 13.6 Å². The summed E-state index contributed by atoms with van der Waals surface area (Å²) >= 11 is 0. The molecule has 2 atom stereocenters. The summed E-state index contributed by atoms with van der Waals surface area (Å²) in [4.78, 5) is 16.7. The second-order valence-corrected chi connectivity index (χ2v) is 7.54. The molecule has 0 spiro atoms. The van der Waals surface area contributed by atoms with Gasteiger partial charge >= 0.3 is 0 Å². The number of likely N-dealkylation sites (tertiary alicyclic amines) is 2. The molecule has 3 saturated heterocycles. The lowest BCUT2D eigenvalue weighted by Gasteiger charge is -2.39. The third-order valence-corrected chi connectivity index (χ3v) is 5.83. The van der Waals surface area contributed by atoms with Crippen LogP contribution in [0.25, 0.3) is 0 Å². The molecule has 1 aromatic rings. The van der Waals surface area contributed by atoms with Gasteiger partial charge in [-0.25, -0.2) is 8.78 Å². The Bertz CT molecular complexity index is 667. The second-order valence-electron chi connectivity index (χ2n) is 7.54. The van der Waals surface area contributed by atoms with Gasteiger partial charge in [-0.2, -0.15) is 0 Å². The summed E-state index contributed by atoms with van der Waals surface area (Å²) in [5.74, 6) is -2.02. The van der Waals surface area contributed by atoms with Gasteiger partial charge in [-0.15, -0.1) is 10.2 Å². The van der Waals surface area contributed by atoms with E-state index in [1.165, 1.54) is 4.90 Å². The molecule has 3 fully saturated rings. The predicted octanol–water partition coefficient (Wildman–Crippen LogP) is 0.521. The lowest BCUT2D eigenvalue weighted by molar-refractivity contribution is -0.151. The van der Waals surface area contributed by atoms with E-state index in [0.717, 1.165) is 5.82 Å². The molecule has 1 aromatic heterocycles. The smallest absolute Gasteiger partial charge is 0.267 e. The number of nitrogens with zero attached hydrogens (tertiary/aromatic N) is 5. The Labute approximate surface area is 144 Å². The minimum atomic E-state index is -2.76. The standard InChI is InChI=1S/C16H23F2N5O2/c1-21-11-19-20-13(21)7-22-6-12-8-25-5-3-15(12,9-22)14(24)23-4-2-16(17,18)10-23/h11-12H,2-10H2,1H3. The fourth-order valence-electron chi connectivity index (χ4n) is 4.40. The molecule has 3 aliphatic rings. The number of fused-ring (bicyclic) bond motifs is 1. The van der Waals surface area contributed by atoms with Gasteiger partial charge in [0.15, 0.2) is 0 Å². The van der Waals surface area contributed by atoms with Crippen molar-refractivity contribution < 1.29 is 18.3 Å². The zero-order valence-electron chi connectivity index (χ0n) is 14.3. The maximum atomic E-state index is 13.6. The van der Waals surface area contributed by atoms with Crippen molar-refractivity contribution in [3.63, 3.8) is 0 Å². The van der Waals surface area contributed by atoms with Crippen LogP contribution in [0.3, 0.4) is 0 Å². The van der Waals surface area contributed by atoms with Crippen LogP contribution in [-0.4, -0.2) is 75.8 Å². The summed E-state index contributed by atoms with van der Waals surface area (Å²) < 4.78 is 34.6. The fraction of sp³-hybridized carbons (Fsp3) is 0.812. The molecular weight excluding hydrogens is 332 g/mol. The summed E-state index contributed by atoms with van der Waals surface area (Å²) in [6, 6.07) is 0. The molecule has 7 nitrogen and oxygen atoms in total. The molecule has 0 radical (unpaired) electrons. The van der Waals surface area contributed by atoms with E-state index >= 15 is 0 Å². The Hall–Kier alpha value is -1.61. The van der Waals surface area contributed by atoms with Crippen LogP contribution in [0.4, 0.5) is 8.78 Å². The topological polar surface area (TPSA) is 63.5 Å². The van der Waals surface area contributed by atoms with Crippen LogP contribution in [0.15, 0.2) is 6.33 Å². The second kappa shape index (κ2) is 5.98. The molecule has 0 bridgehead atoms. The van der Waals surface area contributed by atoms with Crippen LogP contribution in [0, 0.1) is 11.3 Å². The first-order chi connectivity index (χ1) is 11.9. The number of hydrogen-bond donors (Lipinski definition) is 0. The molecular formula is C16H23F2N5O2. The van der Waals surface area contributed by atoms with Crippen molar-refractivity contribution in [1.29, 1.82) is 0 Å². The quantitative estimate of drug-likeness (QED) is 0.791. The van der Waals surface area contributed by atoms with E-state index in [1.807, 2.05) is 11.6 Å². The number of rotatable bonds is 3. The molecule has 0 N–H and O–H groups in total. The highest BCUT2D eigenvalue weighted by molar-refractivity contribution is 5.84. The van der Waals surface area contributed by atoms with Gasteiger partial charge in [0, 0.05) is 45.6 Å². The Balaban J connectivity index is 1.53. The van der Waals surface area contributed by atoms with Gasteiger partial charge in [-0.1, -0.05) is 0 Å². The highest BCUT2D eigenvalue weighted by Gasteiger charge is 2.56. The Morgan fingerprint density at radius 1 is 1.40 bits per heavy atom. The van der Waals surface area contributed by atoms with Crippen LogP contribution >= 0.6 is 0 Å². The highest BCUT2D eigenvalue weighted by Crippen LogP contribution is 2.45. The van der Waals surface area contributed by atoms with Gasteiger partial charge in [0.1, 0.15) is 12.2 Å². The van der Waals surface area contributed by atoms with Gasteiger partial charge in [0.05, 0.1) is 25.1 Å². The first-order valence-corrected chi connectivity index (χ1v) is 8.70. The summed E-state index contributed by atoms with van der Waals surface area (Å²) in [7, 11) is 1.88. The third-order valence-electron chi connectivity index (χ3n) is 5.83. The molecule has 0 aromatic carbocycles. The Morgan fingerprint density at radius 3 is 2.92 bits per heavy atom. The number of aromatic nitrogens is 3. The summed E-state index contributed by atoms with van der Waals surface area (Å²) in [6.07, 6.45) is 2.00. The molecule has 4 rings (SSSR count). The third kappa shape index (κ3) is 2.93. The SMILES string of the molecule is Cn1cnnc1CN1CC2COCCC2(C(=O)N2CCC(F)(F)C2)C1. The largest absolute Gasteiger partial charge is 0.381 e.